The minimum absolute atomic E-state index is 0.0310. The highest BCUT2D eigenvalue weighted by atomic mass is 16.1. The molecule has 0 bridgehead atoms. The summed E-state index contributed by atoms with van der Waals surface area (Å²) < 4.78 is 0. The number of Topliss-reactive ketones (excluding diaryl/α,β-unsaturated/α-hetero) is 1. The van der Waals surface area contributed by atoms with Gasteiger partial charge in [0.2, 0.25) is 0 Å². The molecule has 1 rings (SSSR count). The van der Waals surface area contributed by atoms with Crippen LogP contribution in [-0.2, 0) is 0 Å². The molecule has 0 aliphatic carbocycles. The first kappa shape index (κ1) is 8.67. The van der Waals surface area contributed by atoms with E-state index < -0.39 is 0 Å². The van der Waals surface area contributed by atoms with Gasteiger partial charge in [-0.05, 0) is 18.6 Å². The number of pyridine rings is 1. The van der Waals surface area contributed by atoms with Crippen molar-refractivity contribution in [2.24, 2.45) is 5.73 Å². The Morgan fingerprint density at radius 2 is 2.33 bits per heavy atom. The average Bonchev–Trinajstić information content (AvgIpc) is 2.03. The van der Waals surface area contributed by atoms with E-state index in [1.807, 2.05) is 0 Å². The van der Waals surface area contributed by atoms with Crippen molar-refractivity contribution in [3.8, 4) is 0 Å². The lowest BCUT2D eigenvalue weighted by molar-refractivity contribution is 0.100. The van der Waals surface area contributed by atoms with Crippen LogP contribution in [-0.4, -0.2) is 17.3 Å². The van der Waals surface area contributed by atoms with Gasteiger partial charge in [0.1, 0.15) is 5.82 Å². The summed E-state index contributed by atoms with van der Waals surface area (Å²) in [5.41, 5.74) is 12.0. The van der Waals surface area contributed by atoms with Crippen LogP contribution in [0.1, 0.15) is 15.9 Å². The second-order valence-corrected chi connectivity index (χ2v) is 2.52. The predicted octanol–water partition coefficient (Wildman–Crippen LogP) is 0.114. The molecule has 1 aromatic rings. The highest BCUT2D eigenvalue weighted by Gasteiger charge is 2.10. The maximum Gasteiger partial charge on any atom is 0.180 e. The van der Waals surface area contributed by atoms with Gasteiger partial charge >= 0.3 is 0 Å². The fraction of sp³-hybridized carbons (Fsp3) is 0.250. The third-order valence-electron chi connectivity index (χ3n) is 1.65. The topological polar surface area (TPSA) is 82.0 Å². The van der Waals surface area contributed by atoms with Gasteiger partial charge in [0, 0.05) is 6.20 Å². The van der Waals surface area contributed by atoms with E-state index in [0.29, 0.717) is 5.56 Å². The van der Waals surface area contributed by atoms with Gasteiger partial charge in [0.05, 0.1) is 12.1 Å². The Bertz CT molecular complexity index is 289. The molecule has 0 unspecified atom stereocenters. The summed E-state index contributed by atoms with van der Waals surface area (Å²) in [5.74, 6) is 0.0866. The van der Waals surface area contributed by atoms with Crippen molar-refractivity contribution >= 4 is 11.6 Å². The predicted molar refractivity (Wildman–Crippen MR) is 46.8 cm³/mol. The first-order valence-corrected chi connectivity index (χ1v) is 3.61. The van der Waals surface area contributed by atoms with Gasteiger partial charge in [0.15, 0.2) is 5.78 Å². The molecule has 0 fully saturated rings. The molecule has 0 aromatic carbocycles. The van der Waals surface area contributed by atoms with Gasteiger partial charge in [-0.25, -0.2) is 4.98 Å². The molecule has 4 N–H and O–H groups in total. The summed E-state index contributed by atoms with van der Waals surface area (Å²) in [6.45, 7) is 1.78. The molecule has 4 heteroatoms. The summed E-state index contributed by atoms with van der Waals surface area (Å²) in [6, 6.07) is 1.74. The van der Waals surface area contributed by atoms with Gasteiger partial charge in [0.25, 0.3) is 0 Å². The number of carbonyl (C=O) groups excluding carboxylic acids is 1. The summed E-state index contributed by atoms with van der Waals surface area (Å²) in [5, 5.41) is 0. The Hall–Kier alpha value is -1.42. The maximum atomic E-state index is 11.2. The molecule has 64 valence electrons. The van der Waals surface area contributed by atoms with Crippen LogP contribution >= 0.6 is 0 Å². The summed E-state index contributed by atoms with van der Waals surface area (Å²) in [6.07, 6.45) is 1.57. The van der Waals surface area contributed by atoms with Crippen molar-refractivity contribution in [1.29, 1.82) is 0 Å². The lowest BCUT2D eigenvalue weighted by atomic mass is 10.1. The summed E-state index contributed by atoms with van der Waals surface area (Å²) in [4.78, 5) is 15.0. The number of aryl methyl sites for hydroxylation is 1. The number of nitrogen functional groups attached to an aromatic ring is 1. The molecule has 0 spiro atoms. The van der Waals surface area contributed by atoms with Crippen molar-refractivity contribution < 1.29 is 4.79 Å². The molecule has 1 aromatic heterocycles. The van der Waals surface area contributed by atoms with Gasteiger partial charge < -0.3 is 11.5 Å². The van der Waals surface area contributed by atoms with Crippen LogP contribution in [0.5, 0.6) is 0 Å². The second-order valence-electron chi connectivity index (χ2n) is 2.52. The minimum Gasteiger partial charge on any atom is -0.383 e. The minimum atomic E-state index is -0.168. The largest absolute Gasteiger partial charge is 0.383 e. The third-order valence-corrected chi connectivity index (χ3v) is 1.65. The van der Waals surface area contributed by atoms with E-state index in [-0.39, 0.29) is 18.1 Å². The molecule has 0 atom stereocenters. The molecule has 0 saturated carbocycles. The van der Waals surface area contributed by atoms with Crippen molar-refractivity contribution in [2.75, 3.05) is 12.3 Å². The molecule has 4 nitrogen and oxygen atoms in total. The van der Waals surface area contributed by atoms with Gasteiger partial charge in [-0.3, -0.25) is 4.79 Å². The van der Waals surface area contributed by atoms with Gasteiger partial charge in [-0.15, -0.1) is 0 Å². The monoisotopic (exact) mass is 165 g/mol. The van der Waals surface area contributed by atoms with E-state index in [0.717, 1.165) is 5.56 Å². The SMILES string of the molecule is Cc1ccnc(N)c1C(=O)CN. The summed E-state index contributed by atoms with van der Waals surface area (Å²) in [7, 11) is 0. The molecule has 12 heavy (non-hydrogen) atoms. The lowest BCUT2D eigenvalue weighted by Gasteiger charge is -2.04. The van der Waals surface area contributed by atoms with Crippen LogP contribution in [0.2, 0.25) is 0 Å². The van der Waals surface area contributed by atoms with Crippen molar-refractivity contribution in [2.45, 2.75) is 6.92 Å². The number of hydrogen-bond acceptors (Lipinski definition) is 4. The van der Waals surface area contributed by atoms with Gasteiger partial charge in [-0.1, -0.05) is 0 Å². The Balaban J connectivity index is 3.21. The Labute approximate surface area is 70.6 Å². The molecule has 0 saturated heterocycles. The quantitative estimate of drug-likeness (QED) is 0.609. The van der Waals surface area contributed by atoms with Crippen LogP contribution in [0.4, 0.5) is 5.82 Å². The number of hydrogen-bond donors (Lipinski definition) is 2. The normalized spacial score (nSPS) is 9.83. The van der Waals surface area contributed by atoms with E-state index >= 15 is 0 Å². The maximum absolute atomic E-state index is 11.2. The summed E-state index contributed by atoms with van der Waals surface area (Å²) >= 11 is 0. The highest BCUT2D eigenvalue weighted by molar-refractivity contribution is 6.02. The average molecular weight is 165 g/mol. The number of ketones is 1. The third kappa shape index (κ3) is 1.43. The smallest absolute Gasteiger partial charge is 0.180 e. The van der Waals surface area contributed by atoms with E-state index in [1.54, 1.807) is 19.2 Å². The van der Waals surface area contributed by atoms with E-state index in [1.165, 1.54) is 0 Å². The van der Waals surface area contributed by atoms with E-state index in [4.69, 9.17) is 11.5 Å². The molecular weight excluding hydrogens is 154 g/mol. The van der Waals surface area contributed by atoms with Crippen molar-refractivity contribution in [1.82, 2.24) is 4.98 Å². The Kier molecular flexibility index (Phi) is 2.40. The van der Waals surface area contributed by atoms with E-state index in [9.17, 15) is 4.79 Å². The fourth-order valence-electron chi connectivity index (χ4n) is 1.04. The number of anilines is 1. The zero-order valence-corrected chi connectivity index (χ0v) is 6.87. The first-order chi connectivity index (χ1) is 5.66. The molecule has 1 heterocycles. The molecule has 0 radical (unpaired) electrons. The molecular formula is C8H11N3O. The van der Waals surface area contributed by atoms with Crippen LogP contribution in [0.25, 0.3) is 0 Å². The standard InChI is InChI=1S/C8H11N3O/c1-5-2-3-11-8(10)7(5)6(12)4-9/h2-3H,4,9H2,1H3,(H2,10,11). The van der Waals surface area contributed by atoms with Crippen LogP contribution < -0.4 is 11.5 Å². The number of rotatable bonds is 2. The Morgan fingerprint density at radius 1 is 1.67 bits per heavy atom. The number of aromatic nitrogens is 1. The number of nitrogens with two attached hydrogens (primary N) is 2. The molecule has 0 amide bonds. The molecule has 0 aliphatic heterocycles. The second kappa shape index (κ2) is 3.32. The van der Waals surface area contributed by atoms with Crippen molar-refractivity contribution in [3.63, 3.8) is 0 Å². The van der Waals surface area contributed by atoms with Crippen LogP contribution in [0, 0.1) is 6.92 Å². The van der Waals surface area contributed by atoms with E-state index in [2.05, 4.69) is 4.98 Å². The Morgan fingerprint density at radius 3 is 2.83 bits per heavy atom. The van der Waals surface area contributed by atoms with Crippen LogP contribution in [0.15, 0.2) is 12.3 Å². The zero-order chi connectivity index (χ0) is 9.14. The fourth-order valence-corrected chi connectivity index (χ4v) is 1.04. The van der Waals surface area contributed by atoms with Crippen LogP contribution in [0.3, 0.4) is 0 Å². The highest BCUT2D eigenvalue weighted by Crippen LogP contribution is 2.12. The first-order valence-electron chi connectivity index (χ1n) is 3.61. The molecule has 0 aliphatic rings. The number of carbonyl (C=O) groups is 1. The van der Waals surface area contributed by atoms with Gasteiger partial charge in [-0.2, -0.15) is 0 Å². The zero-order valence-electron chi connectivity index (χ0n) is 6.87. The lowest BCUT2D eigenvalue weighted by Crippen LogP contribution is -2.17. The number of nitrogens with zero attached hydrogens (tertiary/aromatic N) is 1. The van der Waals surface area contributed by atoms with Crippen molar-refractivity contribution in [3.05, 3.63) is 23.4 Å².